The number of carboxylic acid groups (broad SMARTS) is 1. The van der Waals surface area contributed by atoms with Gasteiger partial charge in [0, 0.05) is 48.8 Å². The van der Waals surface area contributed by atoms with Crippen molar-refractivity contribution in [1.82, 2.24) is 30.0 Å². The van der Waals surface area contributed by atoms with E-state index in [-0.39, 0.29) is 48.2 Å². The number of piperidine rings is 2. The summed E-state index contributed by atoms with van der Waals surface area (Å²) < 4.78 is 9.13. The van der Waals surface area contributed by atoms with E-state index in [9.17, 15) is 29.1 Å². The number of nitrogens with zero attached hydrogens (tertiary/aromatic N) is 6. The number of pyridine rings is 1. The zero-order valence-corrected chi connectivity index (χ0v) is 40.7. The molecular formula is C54H55N9O7S. The Hall–Kier alpha value is -7.50. The van der Waals surface area contributed by atoms with E-state index < -0.39 is 11.9 Å². The molecule has 17 heteroatoms. The molecule has 4 amide bonds. The molecule has 0 spiro atoms. The van der Waals surface area contributed by atoms with Crippen LogP contribution in [0, 0.1) is 18.8 Å². The van der Waals surface area contributed by atoms with Crippen molar-refractivity contribution in [3.63, 3.8) is 0 Å². The summed E-state index contributed by atoms with van der Waals surface area (Å²) in [5, 5.41) is 24.9. The Morgan fingerprint density at radius 1 is 0.901 bits per heavy atom. The fourth-order valence-electron chi connectivity index (χ4n) is 10.4. The van der Waals surface area contributed by atoms with Crippen molar-refractivity contribution >= 4 is 78.7 Å². The van der Waals surface area contributed by atoms with E-state index in [0.717, 1.165) is 75.7 Å². The third kappa shape index (κ3) is 10.1. The minimum absolute atomic E-state index is 0.0547. The standard InChI is InChI=1S/C54H55N9O7S/c1-31(26-33-20-23-62(24-21-33)29-48(65)55-35-14-15-39-43(27-35)61(3)60-49(39)40-17-19-47(64)58-52(40)67)30-70-44-12-7-9-36(32(44)2)37-16-18-46(57-50(37)53(68)69)63-25-22-34-8-6-10-38(41(34)28-63)51(66)59-54-56-42-11-4-5-13-45(42)71-54/h4-16,18,27,31,33,40H,17,19-26,28-30H2,1-3H3,(H,55,65)(H,68,69)(H,56,59,66)(H,58,64,67)/t31-,40?/m1/s1. The Morgan fingerprint density at radius 3 is 2.52 bits per heavy atom. The van der Waals surface area contributed by atoms with Gasteiger partial charge in [0.15, 0.2) is 10.8 Å². The molecule has 10 rings (SSSR count). The third-order valence-corrected chi connectivity index (χ3v) is 15.0. The number of ether oxygens (including phenoxy) is 1. The molecular weight excluding hydrogens is 919 g/mol. The normalized spacial score (nSPS) is 16.9. The molecule has 0 bridgehead atoms. The molecule has 2 fully saturated rings. The highest BCUT2D eigenvalue weighted by molar-refractivity contribution is 7.22. The van der Waals surface area contributed by atoms with E-state index >= 15 is 0 Å². The number of aromatic nitrogens is 4. The van der Waals surface area contributed by atoms with Crippen LogP contribution in [0.15, 0.2) is 91.0 Å². The van der Waals surface area contributed by atoms with Gasteiger partial charge in [-0.05, 0) is 141 Å². The van der Waals surface area contributed by atoms with Gasteiger partial charge in [0.2, 0.25) is 17.7 Å². The van der Waals surface area contributed by atoms with Crippen LogP contribution in [0.25, 0.3) is 32.2 Å². The van der Waals surface area contributed by atoms with Crippen molar-refractivity contribution in [2.24, 2.45) is 18.9 Å². The van der Waals surface area contributed by atoms with Crippen LogP contribution in [0.3, 0.4) is 0 Å². The van der Waals surface area contributed by atoms with E-state index in [1.54, 1.807) is 11.7 Å². The third-order valence-electron chi connectivity index (χ3n) is 14.1. The SMILES string of the molecule is Cc1c(OC[C@H](C)CC2CCN(CC(=O)Nc3ccc4c(C5CCC(=O)NC5=O)nn(C)c4c3)CC2)cccc1-c1ccc(N2CCc3cccc(C(=O)Nc4nc5ccccc5s4)c3C2)nc1C(=O)O. The van der Waals surface area contributed by atoms with Gasteiger partial charge in [-0.2, -0.15) is 5.10 Å². The number of aryl methyl sites for hydroxylation is 1. The summed E-state index contributed by atoms with van der Waals surface area (Å²) >= 11 is 1.43. The lowest BCUT2D eigenvalue weighted by Crippen LogP contribution is -2.39. The maximum Gasteiger partial charge on any atom is 0.355 e. The monoisotopic (exact) mass is 973 g/mol. The molecule has 0 saturated carbocycles. The molecule has 3 aliphatic heterocycles. The largest absolute Gasteiger partial charge is 0.493 e. The lowest BCUT2D eigenvalue weighted by Gasteiger charge is -2.32. The number of para-hydroxylation sites is 1. The maximum absolute atomic E-state index is 13.6. The van der Waals surface area contributed by atoms with E-state index in [2.05, 4.69) is 37.9 Å². The van der Waals surface area contributed by atoms with Crippen molar-refractivity contribution in [1.29, 1.82) is 0 Å². The first-order valence-electron chi connectivity index (χ1n) is 24.2. The number of rotatable bonds is 14. The number of amides is 4. The second-order valence-corrected chi connectivity index (χ2v) is 20.0. The number of nitrogens with one attached hydrogen (secondary N) is 3. The number of carbonyl (C=O) groups is 5. The van der Waals surface area contributed by atoms with Crippen molar-refractivity contribution in [2.45, 2.75) is 64.8 Å². The number of carbonyl (C=O) groups excluding carboxylic acids is 4. The Bertz CT molecular complexity index is 3200. The lowest BCUT2D eigenvalue weighted by molar-refractivity contribution is -0.134. The highest BCUT2D eigenvalue weighted by atomic mass is 32.1. The van der Waals surface area contributed by atoms with E-state index in [1.165, 1.54) is 11.3 Å². The van der Waals surface area contributed by atoms with Gasteiger partial charge < -0.3 is 20.1 Å². The number of thiazole rings is 1. The first-order chi connectivity index (χ1) is 34.3. The second-order valence-electron chi connectivity index (χ2n) is 19.0. The highest BCUT2D eigenvalue weighted by Gasteiger charge is 2.32. The minimum atomic E-state index is -1.13. The summed E-state index contributed by atoms with van der Waals surface area (Å²) in [7, 11) is 1.81. The fourth-order valence-corrected chi connectivity index (χ4v) is 11.2. The van der Waals surface area contributed by atoms with Gasteiger partial charge in [-0.15, -0.1) is 0 Å². The molecule has 7 aromatic rings. The quantitative estimate of drug-likeness (QED) is 0.0761. The van der Waals surface area contributed by atoms with Crippen LogP contribution in [0.1, 0.15) is 88.2 Å². The molecule has 364 valence electrons. The van der Waals surface area contributed by atoms with E-state index in [1.807, 2.05) is 103 Å². The fraction of sp³-hybridized carbons (Fsp3) is 0.333. The number of aromatic carboxylic acids is 1. The maximum atomic E-state index is 13.6. The average Bonchev–Trinajstić information content (AvgIpc) is 3.92. The Labute approximate surface area is 414 Å². The van der Waals surface area contributed by atoms with Crippen LogP contribution in [-0.2, 0) is 34.4 Å². The van der Waals surface area contributed by atoms with Crippen LogP contribution in [0.2, 0.25) is 0 Å². The number of likely N-dealkylation sites (tertiary alicyclic amines) is 1. The molecule has 3 aromatic heterocycles. The predicted molar refractivity (Wildman–Crippen MR) is 273 cm³/mol. The molecule has 0 aliphatic carbocycles. The highest BCUT2D eigenvalue weighted by Crippen LogP contribution is 2.36. The molecule has 2 saturated heterocycles. The van der Waals surface area contributed by atoms with Crippen LogP contribution in [0.4, 0.5) is 16.6 Å². The molecule has 16 nitrogen and oxygen atoms in total. The van der Waals surface area contributed by atoms with Gasteiger partial charge in [-0.3, -0.25) is 39.4 Å². The zero-order chi connectivity index (χ0) is 49.3. The molecule has 4 N–H and O–H groups in total. The van der Waals surface area contributed by atoms with Crippen LogP contribution < -0.4 is 25.6 Å². The number of hydrogen-bond donors (Lipinski definition) is 4. The van der Waals surface area contributed by atoms with Crippen molar-refractivity contribution in [2.75, 3.05) is 48.3 Å². The van der Waals surface area contributed by atoms with Crippen LogP contribution in [-0.4, -0.2) is 92.1 Å². The van der Waals surface area contributed by atoms with E-state index in [4.69, 9.17) is 9.72 Å². The molecule has 3 aliphatic rings. The van der Waals surface area contributed by atoms with Gasteiger partial charge >= 0.3 is 5.97 Å². The molecule has 1 unspecified atom stereocenters. The molecule has 2 atom stereocenters. The second kappa shape index (κ2) is 20.1. The summed E-state index contributed by atoms with van der Waals surface area (Å²) in [6, 6.07) is 28.4. The first-order valence-corrected chi connectivity index (χ1v) is 25.0. The summed E-state index contributed by atoms with van der Waals surface area (Å²) in [6.07, 6.45) is 4.29. The van der Waals surface area contributed by atoms with Gasteiger partial charge in [0.25, 0.3) is 5.91 Å². The first kappa shape index (κ1) is 47.2. The molecule has 6 heterocycles. The van der Waals surface area contributed by atoms with Gasteiger partial charge in [-0.25, -0.2) is 14.8 Å². The summed E-state index contributed by atoms with van der Waals surface area (Å²) in [5.41, 5.74) is 7.42. The smallest absolute Gasteiger partial charge is 0.355 e. The molecule has 4 aromatic carbocycles. The van der Waals surface area contributed by atoms with E-state index in [0.29, 0.717) is 77.7 Å². The van der Waals surface area contributed by atoms with Gasteiger partial charge in [-0.1, -0.05) is 54.7 Å². The number of hydrogen-bond acceptors (Lipinski definition) is 12. The number of fused-ring (bicyclic) bond motifs is 3. The Kier molecular flexibility index (Phi) is 13.3. The summed E-state index contributed by atoms with van der Waals surface area (Å²) in [6.45, 7) is 7.56. The number of benzene rings is 4. The molecule has 0 radical (unpaired) electrons. The predicted octanol–water partition coefficient (Wildman–Crippen LogP) is 8.34. The summed E-state index contributed by atoms with van der Waals surface area (Å²) in [5.74, 6) is -0.586. The lowest BCUT2D eigenvalue weighted by atomic mass is 9.88. The van der Waals surface area contributed by atoms with Gasteiger partial charge in [0.05, 0.1) is 40.5 Å². The van der Waals surface area contributed by atoms with Crippen LogP contribution >= 0.6 is 11.3 Å². The molecule has 71 heavy (non-hydrogen) atoms. The minimum Gasteiger partial charge on any atom is -0.493 e. The number of anilines is 3. The van der Waals surface area contributed by atoms with Crippen molar-refractivity contribution < 1.29 is 33.8 Å². The Balaban J connectivity index is 0.721. The average molecular weight is 974 g/mol. The summed E-state index contributed by atoms with van der Waals surface area (Å²) in [4.78, 5) is 77.4. The zero-order valence-electron chi connectivity index (χ0n) is 39.9. The topological polar surface area (TPSA) is 201 Å². The number of imide groups is 1. The van der Waals surface area contributed by atoms with Crippen molar-refractivity contribution in [3.05, 3.63) is 125 Å². The van der Waals surface area contributed by atoms with Gasteiger partial charge in [0.1, 0.15) is 11.6 Å². The Morgan fingerprint density at radius 2 is 1.72 bits per heavy atom. The van der Waals surface area contributed by atoms with Crippen LogP contribution in [0.5, 0.6) is 5.75 Å². The van der Waals surface area contributed by atoms with Crippen molar-refractivity contribution in [3.8, 4) is 16.9 Å². The number of carboxylic acids is 1.